The van der Waals surface area contributed by atoms with E-state index in [1.54, 1.807) is 32.0 Å². The lowest BCUT2D eigenvalue weighted by Crippen LogP contribution is -2.43. The van der Waals surface area contributed by atoms with Gasteiger partial charge in [-0.3, -0.25) is 4.90 Å². The summed E-state index contributed by atoms with van der Waals surface area (Å²) in [5, 5.41) is 9.15. The Bertz CT molecular complexity index is 546. The number of hydrogen-bond acceptors (Lipinski definition) is 4. The van der Waals surface area contributed by atoms with E-state index in [9.17, 15) is 4.79 Å². The van der Waals surface area contributed by atoms with Gasteiger partial charge in [-0.2, -0.15) is 5.26 Å². The van der Waals surface area contributed by atoms with E-state index in [-0.39, 0.29) is 23.6 Å². The van der Waals surface area contributed by atoms with E-state index in [1.807, 2.05) is 25.1 Å². The highest BCUT2D eigenvalue weighted by Gasteiger charge is 2.21. The molecule has 1 aromatic rings. The number of nitrogens with zero attached hydrogens (tertiary/aromatic N) is 5. The standard InChI is InChI=1S/C14H20ClN5O.ClH/c1-10-8-12(17-13(15)11(10)9-16)20(7-6-18(2)3)14(21)19(4)5;/h8H,6-7H2,1-5H3;1H. The smallest absolute Gasteiger partial charge is 0.325 e. The van der Waals surface area contributed by atoms with Crippen LogP contribution in [0.5, 0.6) is 0 Å². The predicted molar refractivity (Wildman–Crippen MR) is 90.9 cm³/mol. The maximum Gasteiger partial charge on any atom is 0.325 e. The number of carbonyl (C=O) groups is 1. The first kappa shape index (κ1) is 20.5. The van der Waals surface area contributed by atoms with Gasteiger partial charge in [0, 0.05) is 27.2 Å². The van der Waals surface area contributed by atoms with Gasteiger partial charge in [0.25, 0.3) is 0 Å². The molecule has 0 saturated heterocycles. The van der Waals surface area contributed by atoms with Crippen molar-refractivity contribution in [2.45, 2.75) is 6.92 Å². The van der Waals surface area contributed by atoms with Gasteiger partial charge in [0.05, 0.1) is 5.56 Å². The number of rotatable bonds is 4. The third-order valence-corrected chi connectivity index (χ3v) is 3.21. The molecule has 0 aliphatic heterocycles. The molecular weight excluding hydrogens is 325 g/mol. The van der Waals surface area contributed by atoms with Gasteiger partial charge in [0.15, 0.2) is 0 Å². The van der Waals surface area contributed by atoms with Crippen molar-refractivity contribution < 1.29 is 4.79 Å². The summed E-state index contributed by atoms with van der Waals surface area (Å²) in [6.07, 6.45) is 0. The molecule has 0 bridgehead atoms. The second kappa shape index (κ2) is 8.79. The zero-order valence-corrected chi connectivity index (χ0v) is 15.0. The molecule has 0 unspecified atom stereocenters. The van der Waals surface area contributed by atoms with Crippen molar-refractivity contribution in [2.75, 3.05) is 46.2 Å². The minimum atomic E-state index is -0.176. The molecule has 1 heterocycles. The van der Waals surface area contributed by atoms with Gasteiger partial charge < -0.3 is 9.80 Å². The Morgan fingerprint density at radius 3 is 2.32 bits per heavy atom. The first-order valence-corrected chi connectivity index (χ1v) is 6.86. The molecule has 0 aromatic carbocycles. The maximum absolute atomic E-state index is 12.3. The predicted octanol–water partition coefficient (Wildman–Crippen LogP) is 2.39. The number of likely N-dealkylation sites (N-methyl/N-ethyl adjacent to an activating group) is 1. The van der Waals surface area contributed by atoms with E-state index in [0.29, 0.717) is 30.0 Å². The molecule has 2 amide bonds. The second-order valence-electron chi connectivity index (χ2n) is 5.21. The van der Waals surface area contributed by atoms with Gasteiger partial charge >= 0.3 is 6.03 Å². The molecule has 1 rings (SSSR count). The van der Waals surface area contributed by atoms with Crippen LogP contribution < -0.4 is 4.90 Å². The van der Waals surface area contributed by atoms with Crippen molar-refractivity contribution in [1.29, 1.82) is 5.26 Å². The highest BCUT2D eigenvalue weighted by molar-refractivity contribution is 6.30. The quantitative estimate of drug-likeness (QED) is 0.786. The van der Waals surface area contributed by atoms with Crippen LogP contribution in [0.1, 0.15) is 11.1 Å². The van der Waals surface area contributed by atoms with Crippen molar-refractivity contribution in [3.63, 3.8) is 0 Å². The Balaban J connectivity index is 0.00000441. The van der Waals surface area contributed by atoms with Gasteiger partial charge in [-0.1, -0.05) is 11.6 Å². The average molecular weight is 346 g/mol. The summed E-state index contributed by atoms with van der Waals surface area (Å²) in [5.41, 5.74) is 1.04. The van der Waals surface area contributed by atoms with Crippen molar-refractivity contribution in [3.05, 3.63) is 22.3 Å². The second-order valence-corrected chi connectivity index (χ2v) is 5.56. The molecule has 8 heteroatoms. The molecule has 6 nitrogen and oxygen atoms in total. The van der Waals surface area contributed by atoms with Crippen LogP contribution in [-0.2, 0) is 0 Å². The van der Waals surface area contributed by atoms with Crippen molar-refractivity contribution in [3.8, 4) is 6.07 Å². The fraction of sp³-hybridized carbons (Fsp3) is 0.500. The summed E-state index contributed by atoms with van der Waals surface area (Å²) in [7, 11) is 7.23. The Morgan fingerprint density at radius 1 is 1.32 bits per heavy atom. The van der Waals surface area contributed by atoms with Gasteiger partial charge in [-0.25, -0.2) is 9.78 Å². The van der Waals surface area contributed by atoms with E-state index < -0.39 is 0 Å². The summed E-state index contributed by atoms with van der Waals surface area (Å²) < 4.78 is 0. The zero-order valence-electron chi connectivity index (χ0n) is 13.4. The summed E-state index contributed by atoms with van der Waals surface area (Å²) in [6.45, 7) is 2.95. The van der Waals surface area contributed by atoms with E-state index in [4.69, 9.17) is 16.9 Å². The highest BCUT2D eigenvalue weighted by Crippen LogP contribution is 2.23. The number of urea groups is 1. The number of pyridine rings is 1. The monoisotopic (exact) mass is 345 g/mol. The summed E-state index contributed by atoms with van der Waals surface area (Å²) in [5.74, 6) is 0.456. The van der Waals surface area contributed by atoms with E-state index in [1.165, 1.54) is 4.90 Å². The van der Waals surface area contributed by atoms with Crippen molar-refractivity contribution in [1.82, 2.24) is 14.8 Å². The highest BCUT2D eigenvalue weighted by atomic mass is 35.5. The molecular formula is C14H21Cl2N5O. The number of anilines is 1. The number of aryl methyl sites for hydroxylation is 1. The Kier molecular flexibility index (Phi) is 8.17. The summed E-state index contributed by atoms with van der Waals surface area (Å²) >= 11 is 6.03. The largest absolute Gasteiger partial charge is 0.330 e. The summed E-state index contributed by atoms with van der Waals surface area (Å²) in [4.78, 5) is 21.5. The molecule has 122 valence electrons. The zero-order chi connectivity index (χ0) is 16.2. The molecule has 0 radical (unpaired) electrons. The van der Waals surface area contributed by atoms with Gasteiger partial charge in [0.1, 0.15) is 17.0 Å². The molecule has 1 aromatic heterocycles. The number of amides is 2. The first-order chi connectivity index (χ1) is 9.77. The first-order valence-electron chi connectivity index (χ1n) is 6.48. The van der Waals surface area contributed by atoms with Crippen LogP contribution >= 0.6 is 24.0 Å². The van der Waals surface area contributed by atoms with Gasteiger partial charge in [-0.05, 0) is 32.6 Å². The molecule has 0 saturated carbocycles. The molecule has 0 aliphatic carbocycles. The Labute approximate surface area is 142 Å². The van der Waals surface area contributed by atoms with Crippen LogP contribution in [0.3, 0.4) is 0 Å². The minimum absolute atomic E-state index is 0. The van der Waals surface area contributed by atoms with Crippen LogP contribution in [-0.4, -0.2) is 62.1 Å². The molecule has 0 aliphatic rings. The molecule has 0 N–H and O–H groups in total. The number of hydrogen-bond donors (Lipinski definition) is 0. The lowest BCUT2D eigenvalue weighted by Gasteiger charge is -2.27. The fourth-order valence-electron chi connectivity index (χ4n) is 1.74. The Morgan fingerprint density at radius 2 is 1.91 bits per heavy atom. The number of nitriles is 1. The molecule has 22 heavy (non-hydrogen) atoms. The topological polar surface area (TPSA) is 63.5 Å². The van der Waals surface area contributed by atoms with Crippen LogP contribution in [0, 0.1) is 18.3 Å². The third kappa shape index (κ3) is 5.02. The van der Waals surface area contributed by atoms with Gasteiger partial charge in [-0.15, -0.1) is 12.4 Å². The Hall–Kier alpha value is -1.55. The van der Waals surface area contributed by atoms with E-state index in [0.717, 1.165) is 0 Å². The van der Waals surface area contributed by atoms with Crippen molar-refractivity contribution in [2.24, 2.45) is 0 Å². The molecule has 0 spiro atoms. The number of aromatic nitrogens is 1. The van der Waals surface area contributed by atoms with Gasteiger partial charge in [0.2, 0.25) is 0 Å². The molecule has 0 fully saturated rings. The fourth-order valence-corrected chi connectivity index (χ4v) is 2.02. The maximum atomic E-state index is 12.3. The lowest BCUT2D eigenvalue weighted by atomic mass is 10.2. The van der Waals surface area contributed by atoms with Crippen LogP contribution in [0.25, 0.3) is 0 Å². The molecule has 0 atom stereocenters. The van der Waals surface area contributed by atoms with E-state index in [2.05, 4.69) is 4.98 Å². The SMILES string of the molecule is Cc1cc(N(CCN(C)C)C(=O)N(C)C)nc(Cl)c1C#N.Cl. The normalized spacial score (nSPS) is 9.91. The van der Waals surface area contributed by atoms with Crippen LogP contribution in [0.2, 0.25) is 5.15 Å². The van der Waals surface area contributed by atoms with Crippen molar-refractivity contribution >= 4 is 35.9 Å². The minimum Gasteiger partial charge on any atom is -0.330 e. The summed E-state index contributed by atoms with van der Waals surface area (Å²) in [6, 6.07) is 3.55. The lowest BCUT2D eigenvalue weighted by molar-refractivity contribution is 0.222. The van der Waals surface area contributed by atoms with E-state index >= 15 is 0 Å². The van der Waals surface area contributed by atoms with Crippen LogP contribution in [0.4, 0.5) is 10.6 Å². The third-order valence-electron chi connectivity index (χ3n) is 2.93. The average Bonchev–Trinajstić information content (AvgIpc) is 2.37. The number of carbonyl (C=O) groups excluding carboxylic acids is 1. The number of halogens is 2. The van der Waals surface area contributed by atoms with Crippen LogP contribution in [0.15, 0.2) is 6.07 Å².